The molecule has 0 radical (unpaired) electrons. The van der Waals surface area contributed by atoms with Gasteiger partial charge >= 0.3 is 11.9 Å². The van der Waals surface area contributed by atoms with Crippen LogP contribution in [-0.4, -0.2) is 55.7 Å². The van der Waals surface area contributed by atoms with Crippen molar-refractivity contribution in [3.8, 4) is 0 Å². The third-order valence-corrected chi connectivity index (χ3v) is 6.65. The molecule has 0 amide bonds. The third kappa shape index (κ3) is 4.17. The zero-order valence-electron chi connectivity index (χ0n) is 14.9. The summed E-state index contributed by atoms with van der Waals surface area (Å²) in [7, 11) is 2.90. The summed E-state index contributed by atoms with van der Waals surface area (Å²) in [6, 6.07) is 1.84. The molecule has 0 N–H and O–H groups in total. The van der Waals surface area contributed by atoms with Crippen molar-refractivity contribution in [2.45, 2.75) is 31.4 Å². The SMILES string of the molecule is CCOC(=O)c1cc(C)c(CC[C@@]2(C(=O)OC)SCCN=C2OC)s1. The average Bonchev–Trinajstić information content (AvgIpc) is 3.00. The maximum absolute atomic E-state index is 12.5. The molecule has 0 aromatic carbocycles. The predicted molar refractivity (Wildman–Crippen MR) is 99.8 cm³/mol. The molecule has 0 saturated carbocycles. The zero-order chi connectivity index (χ0) is 18.4. The van der Waals surface area contributed by atoms with Crippen molar-refractivity contribution in [3.05, 3.63) is 21.4 Å². The van der Waals surface area contributed by atoms with E-state index >= 15 is 0 Å². The summed E-state index contributed by atoms with van der Waals surface area (Å²) < 4.78 is 14.5. The van der Waals surface area contributed by atoms with Gasteiger partial charge in [-0.1, -0.05) is 0 Å². The van der Waals surface area contributed by atoms with Crippen LogP contribution in [-0.2, 0) is 25.4 Å². The Hall–Kier alpha value is -1.54. The number of aryl methyl sites for hydroxylation is 2. The summed E-state index contributed by atoms with van der Waals surface area (Å²) >= 11 is 2.91. The molecule has 0 aliphatic carbocycles. The molecule has 0 fully saturated rings. The van der Waals surface area contributed by atoms with Crippen molar-refractivity contribution in [1.29, 1.82) is 0 Å². The summed E-state index contributed by atoms with van der Waals surface area (Å²) in [6.07, 6.45) is 1.13. The molecular weight excluding hydrogens is 362 g/mol. The van der Waals surface area contributed by atoms with Gasteiger partial charge in [0.1, 0.15) is 4.88 Å². The smallest absolute Gasteiger partial charge is 0.348 e. The van der Waals surface area contributed by atoms with E-state index in [9.17, 15) is 9.59 Å². The molecule has 25 heavy (non-hydrogen) atoms. The molecule has 6 nitrogen and oxygen atoms in total. The molecule has 0 bridgehead atoms. The number of esters is 2. The molecule has 0 unspecified atom stereocenters. The highest BCUT2D eigenvalue weighted by Gasteiger charge is 2.48. The zero-order valence-corrected chi connectivity index (χ0v) is 16.6. The van der Waals surface area contributed by atoms with E-state index in [-0.39, 0.29) is 11.9 Å². The lowest BCUT2D eigenvalue weighted by atomic mass is 10.00. The first-order valence-corrected chi connectivity index (χ1v) is 9.86. The van der Waals surface area contributed by atoms with Gasteiger partial charge in [0.05, 0.1) is 27.4 Å². The Morgan fingerprint density at radius 1 is 1.36 bits per heavy atom. The fourth-order valence-corrected chi connectivity index (χ4v) is 5.06. The molecule has 2 heterocycles. The van der Waals surface area contributed by atoms with Crippen LogP contribution in [0.15, 0.2) is 11.1 Å². The second-order valence-corrected chi connectivity index (χ2v) is 8.03. The van der Waals surface area contributed by atoms with Gasteiger partial charge in [-0.3, -0.25) is 4.99 Å². The highest BCUT2D eigenvalue weighted by atomic mass is 32.2. The van der Waals surface area contributed by atoms with Crippen LogP contribution in [0.2, 0.25) is 0 Å². The third-order valence-electron chi connectivity index (χ3n) is 3.95. The molecule has 2 rings (SSSR count). The predicted octanol–water partition coefficient (Wildman–Crippen LogP) is 2.87. The lowest BCUT2D eigenvalue weighted by Crippen LogP contribution is -2.48. The first-order valence-electron chi connectivity index (χ1n) is 8.06. The van der Waals surface area contributed by atoms with Gasteiger partial charge in [-0.25, -0.2) is 9.59 Å². The van der Waals surface area contributed by atoms with Crippen LogP contribution in [0, 0.1) is 6.92 Å². The van der Waals surface area contributed by atoms with E-state index in [1.165, 1.54) is 37.3 Å². The molecule has 1 aromatic rings. The Morgan fingerprint density at radius 3 is 2.76 bits per heavy atom. The van der Waals surface area contributed by atoms with E-state index in [4.69, 9.17) is 14.2 Å². The summed E-state index contributed by atoms with van der Waals surface area (Å²) in [5.74, 6) is 0.489. The van der Waals surface area contributed by atoms with Crippen LogP contribution >= 0.6 is 23.1 Å². The molecule has 1 atom stereocenters. The van der Waals surface area contributed by atoms with Crippen molar-refractivity contribution in [2.24, 2.45) is 4.99 Å². The number of rotatable bonds is 6. The van der Waals surface area contributed by atoms with Crippen LogP contribution in [0.25, 0.3) is 0 Å². The molecule has 0 spiro atoms. The highest BCUT2D eigenvalue weighted by molar-refractivity contribution is 8.02. The molecule has 1 aliphatic heterocycles. The molecule has 0 saturated heterocycles. The minimum Gasteiger partial charge on any atom is -0.483 e. The topological polar surface area (TPSA) is 74.2 Å². The molecule has 1 aromatic heterocycles. The number of methoxy groups -OCH3 is 2. The van der Waals surface area contributed by atoms with Crippen LogP contribution in [0.3, 0.4) is 0 Å². The minimum atomic E-state index is -0.928. The first kappa shape index (κ1) is 19.8. The van der Waals surface area contributed by atoms with Gasteiger partial charge < -0.3 is 14.2 Å². The summed E-state index contributed by atoms with van der Waals surface area (Å²) in [6.45, 7) is 4.71. The van der Waals surface area contributed by atoms with E-state index < -0.39 is 4.75 Å². The Kier molecular flexibility index (Phi) is 6.89. The Balaban J connectivity index is 2.22. The lowest BCUT2D eigenvalue weighted by molar-refractivity contribution is -0.142. The van der Waals surface area contributed by atoms with Crippen molar-refractivity contribution in [2.75, 3.05) is 33.1 Å². The van der Waals surface area contributed by atoms with E-state index in [0.29, 0.717) is 36.8 Å². The van der Waals surface area contributed by atoms with Crippen molar-refractivity contribution < 1.29 is 23.8 Å². The number of nitrogens with zero attached hydrogens (tertiary/aromatic N) is 1. The number of hydrogen-bond donors (Lipinski definition) is 0. The van der Waals surface area contributed by atoms with Gasteiger partial charge in [0.2, 0.25) is 5.90 Å². The molecule has 1 aliphatic rings. The van der Waals surface area contributed by atoms with E-state index in [0.717, 1.165) is 16.2 Å². The van der Waals surface area contributed by atoms with Crippen LogP contribution in [0.4, 0.5) is 0 Å². The van der Waals surface area contributed by atoms with Crippen molar-refractivity contribution in [3.63, 3.8) is 0 Å². The second kappa shape index (κ2) is 8.71. The molecular formula is C17H23NO5S2. The number of carbonyl (C=O) groups is 2. The number of ether oxygens (including phenoxy) is 3. The fourth-order valence-electron chi connectivity index (χ4n) is 2.74. The number of thioether (sulfide) groups is 1. The summed E-state index contributed by atoms with van der Waals surface area (Å²) in [5.41, 5.74) is 1.02. The van der Waals surface area contributed by atoms with Gasteiger partial charge in [-0.05, 0) is 38.3 Å². The number of aliphatic imine (C=N–C) groups is 1. The van der Waals surface area contributed by atoms with Crippen molar-refractivity contribution >= 4 is 40.9 Å². The van der Waals surface area contributed by atoms with Gasteiger partial charge in [0.15, 0.2) is 4.75 Å². The quantitative estimate of drug-likeness (QED) is 0.701. The lowest BCUT2D eigenvalue weighted by Gasteiger charge is -2.33. The van der Waals surface area contributed by atoms with Gasteiger partial charge in [0.25, 0.3) is 0 Å². The number of hydrogen-bond acceptors (Lipinski definition) is 8. The second-order valence-electron chi connectivity index (χ2n) is 5.50. The Morgan fingerprint density at radius 2 is 2.12 bits per heavy atom. The minimum absolute atomic E-state index is 0.310. The van der Waals surface area contributed by atoms with E-state index in [1.54, 1.807) is 6.92 Å². The van der Waals surface area contributed by atoms with Gasteiger partial charge in [-0.15, -0.1) is 23.1 Å². The average molecular weight is 386 g/mol. The van der Waals surface area contributed by atoms with Gasteiger partial charge in [0, 0.05) is 10.6 Å². The van der Waals surface area contributed by atoms with Crippen molar-refractivity contribution in [1.82, 2.24) is 0 Å². The highest BCUT2D eigenvalue weighted by Crippen LogP contribution is 2.38. The van der Waals surface area contributed by atoms with Crippen LogP contribution in [0.5, 0.6) is 0 Å². The Labute approximate surface area is 155 Å². The normalized spacial score (nSPS) is 19.9. The van der Waals surface area contributed by atoms with Gasteiger partial charge in [-0.2, -0.15) is 0 Å². The summed E-state index contributed by atoms with van der Waals surface area (Å²) in [4.78, 5) is 30.4. The first-order chi connectivity index (χ1) is 12.0. The number of carbonyl (C=O) groups excluding carboxylic acids is 2. The van der Waals surface area contributed by atoms with E-state index in [2.05, 4.69) is 4.99 Å². The molecule has 8 heteroatoms. The Bertz CT molecular complexity index is 670. The number of thiophene rings is 1. The largest absolute Gasteiger partial charge is 0.483 e. The molecule has 138 valence electrons. The van der Waals surface area contributed by atoms with E-state index in [1.807, 2.05) is 13.0 Å². The monoisotopic (exact) mass is 385 g/mol. The maximum Gasteiger partial charge on any atom is 0.348 e. The standard InChI is InChI=1S/C17H23NO5S2/c1-5-23-14(19)13-10-11(2)12(25-13)6-7-17(16(20)22-4)15(21-3)18-8-9-24-17/h10H,5-9H2,1-4H3/t17-/m1/s1. The fraction of sp³-hybridized carbons (Fsp3) is 0.588. The summed E-state index contributed by atoms with van der Waals surface area (Å²) in [5, 5.41) is 0. The van der Waals surface area contributed by atoms with Crippen LogP contribution in [0.1, 0.15) is 33.5 Å². The maximum atomic E-state index is 12.5. The van der Waals surface area contributed by atoms with Crippen LogP contribution < -0.4 is 0 Å².